The Morgan fingerprint density at radius 3 is 1.96 bits per heavy atom. The third-order valence-electron chi connectivity index (χ3n) is 6.03. The molecule has 3 nitrogen and oxygen atoms in total. The van der Waals surface area contributed by atoms with Crippen LogP contribution in [-0.2, 0) is 15.6 Å². The predicted octanol–water partition coefficient (Wildman–Crippen LogP) is 6.13. The van der Waals surface area contributed by atoms with Crippen LogP contribution in [0.25, 0.3) is 0 Å². The van der Waals surface area contributed by atoms with E-state index in [1.54, 1.807) is 7.11 Å². The summed E-state index contributed by atoms with van der Waals surface area (Å²) >= 11 is 0. The Labute approximate surface area is 168 Å². The van der Waals surface area contributed by atoms with Gasteiger partial charge in [0.25, 0.3) is 0 Å². The Hall–Kier alpha value is -1.13. The van der Waals surface area contributed by atoms with Crippen LogP contribution in [0.2, 0.25) is 18.1 Å². The number of carbonyl (C=O) groups is 1. The van der Waals surface area contributed by atoms with E-state index in [1.165, 1.54) is 5.56 Å². The molecular formula is C23H40O3Si. The normalized spacial score (nSPS) is 16.1. The number of benzene rings is 1. The van der Waals surface area contributed by atoms with Gasteiger partial charge in [-0.15, -0.1) is 0 Å². The van der Waals surface area contributed by atoms with Crippen LogP contribution in [0.5, 0.6) is 5.75 Å². The zero-order valence-electron chi connectivity index (χ0n) is 19.1. The van der Waals surface area contributed by atoms with Gasteiger partial charge < -0.3 is 9.16 Å². The molecule has 154 valence electrons. The summed E-state index contributed by atoms with van der Waals surface area (Å²) in [6, 6.07) is 8.20. The van der Waals surface area contributed by atoms with Gasteiger partial charge in [-0.2, -0.15) is 0 Å². The Morgan fingerprint density at radius 1 is 1.04 bits per heavy atom. The summed E-state index contributed by atoms with van der Waals surface area (Å²) < 4.78 is 12.1. The zero-order valence-corrected chi connectivity index (χ0v) is 20.1. The van der Waals surface area contributed by atoms with Gasteiger partial charge in [-0.05, 0) is 48.2 Å². The summed E-state index contributed by atoms with van der Waals surface area (Å²) in [6.45, 7) is 19.5. The fraction of sp³-hybridized carbons (Fsp3) is 0.696. The summed E-state index contributed by atoms with van der Waals surface area (Å²) in [5.41, 5.74) is 1.25. The lowest BCUT2D eigenvalue weighted by Gasteiger charge is -2.43. The van der Waals surface area contributed by atoms with E-state index >= 15 is 0 Å². The Kier molecular flexibility index (Phi) is 8.30. The lowest BCUT2D eigenvalue weighted by Crippen LogP contribution is -2.49. The van der Waals surface area contributed by atoms with Crippen LogP contribution >= 0.6 is 0 Å². The topological polar surface area (TPSA) is 35.5 Å². The number of hydrogen-bond acceptors (Lipinski definition) is 3. The summed E-state index contributed by atoms with van der Waals surface area (Å²) in [6.07, 6.45) is 0.821. The van der Waals surface area contributed by atoms with Crippen LogP contribution in [-0.4, -0.2) is 27.3 Å². The summed E-state index contributed by atoms with van der Waals surface area (Å²) in [5, 5.41) is 0.117. The first-order valence-corrected chi connectivity index (χ1v) is 13.1. The molecule has 0 spiro atoms. The molecule has 1 rings (SSSR count). The molecule has 0 radical (unpaired) electrons. The first-order chi connectivity index (χ1) is 12.3. The maximum absolute atomic E-state index is 12.8. The van der Waals surface area contributed by atoms with Crippen LogP contribution in [0, 0.1) is 17.8 Å². The molecule has 0 fully saturated rings. The SMILES string of the molecule is COc1ccc(C[C@H](C)[C@H](O[Si](C)(C)C(C)(C)C)[C@@H](C)C(=O)C(C)C)cc1. The minimum Gasteiger partial charge on any atom is -0.497 e. The van der Waals surface area contributed by atoms with Gasteiger partial charge in [-0.3, -0.25) is 4.79 Å². The first-order valence-electron chi connectivity index (χ1n) is 10.1. The molecule has 0 aliphatic heterocycles. The number of ether oxygens (including phenoxy) is 1. The minimum absolute atomic E-state index is 0.0266. The molecule has 0 aliphatic carbocycles. The number of hydrogen-bond donors (Lipinski definition) is 0. The monoisotopic (exact) mass is 392 g/mol. The van der Waals surface area contributed by atoms with Crippen molar-refractivity contribution in [3.05, 3.63) is 29.8 Å². The maximum atomic E-state index is 12.8. The molecule has 0 aliphatic rings. The lowest BCUT2D eigenvalue weighted by molar-refractivity contribution is -0.129. The van der Waals surface area contributed by atoms with Crippen molar-refractivity contribution in [1.29, 1.82) is 0 Å². The van der Waals surface area contributed by atoms with Gasteiger partial charge in [0, 0.05) is 11.8 Å². The molecule has 0 saturated carbocycles. The second-order valence-electron chi connectivity index (χ2n) is 9.72. The van der Waals surface area contributed by atoms with Crippen LogP contribution in [0.1, 0.15) is 54.0 Å². The zero-order chi connectivity index (χ0) is 21.0. The van der Waals surface area contributed by atoms with Crippen LogP contribution in [0.4, 0.5) is 0 Å². The second kappa shape index (κ2) is 9.38. The number of rotatable bonds is 9. The number of ketones is 1. The Morgan fingerprint density at radius 2 is 1.56 bits per heavy atom. The van der Waals surface area contributed by atoms with Crippen LogP contribution < -0.4 is 4.74 Å². The summed E-state index contributed by atoms with van der Waals surface area (Å²) in [4.78, 5) is 12.8. The molecule has 0 bridgehead atoms. The van der Waals surface area contributed by atoms with E-state index in [2.05, 4.69) is 52.9 Å². The van der Waals surface area contributed by atoms with E-state index in [9.17, 15) is 4.79 Å². The van der Waals surface area contributed by atoms with Crippen molar-refractivity contribution < 1.29 is 14.0 Å². The first kappa shape index (κ1) is 23.9. The van der Waals surface area contributed by atoms with Crippen LogP contribution in [0.3, 0.4) is 0 Å². The van der Waals surface area contributed by atoms with Gasteiger partial charge in [0.15, 0.2) is 8.32 Å². The van der Waals surface area contributed by atoms with Crippen molar-refractivity contribution in [3.63, 3.8) is 0 Å². The number of methoxy groups -OCH3 is 1. The Balaban J connectivity index is 3.09. The highest BCUT2D eigenvalue weighted by Gasteiger charge is 2.42. The van der Waals surface area contributed by atoms with Gasteiger partial charge in [-0.1, -0.05) is 60.6 Å². The number of carbonyl (C=O) groups excluding carboxylic acids is 1. The third kappa shape index (κ3) is 6.46. The van der Waals surface area contributed by atoms with Gasteiger partial charge >= 0.3 is 0 Å². The molecule has 0 heterocycles. The van der Waals surface area contributed by atoms with Crippen molar-refractivity contribution in [2.24, 2.45) is 17.8 Å². The average molecular weight is 393 g/mol. The van der Waals surface area contributed by atoms with E-state index in [-0.39, 0.29) is 28.9 Å². The average Bonchev–Trinajstić information content (AvgIpc) is 2.57. The quantitative estimate of drug-likeness (QED) is 0.474. The van der Waals surface area contributed by atoms with E-state index in [0.29, 0.717) is 5.78 Å². The van der Waals surface area contributed by atoms with Crippen molar-refractivity contribution in [1.82, 2.24) is 0 Å². The molecule has 1 aromatic rings. The fourth-order valence-electron chi connectivity index (χ4n) is 3.17. The molecule has 0 unspecified atom stereocenters. The van der Waals surface area contributed by atoms with E-state index < -0.39 is 8.32 Å². The van der Waals surface area contributed by atoms with Gasteiger partial charge in [-0.25, -0.2) is 0 Å². The molecule has 4 heteroatoms. The van der Waals surface area contributed by atoms with Crippen LogP contribution in [0.15, 0.2) is 24.3 Å². The van der Waals surface area contributed by atoms with Gasteiger partial charge in [0.05, 0.1) is 13.2 Å². The highest BCUT2D eigenvalue weighted by Crippen LogP contribution is 2.40. The Bertz CT molecular complexity index is 599. The molecule has 1 aromatic carbocycles. The maximum Gasteiger partial charge on any atom is 0.192 e. The van der Waals surface area contributed by atoms with E-state index in [4.69, 9.17) is 9.16 Å². The molecule has 3 atom stereocenters. The largest absolute Gasteiger partial charge is 0.497 e. The van der Waals surface area contributed by atoms with Gasteiger partial charge in [0.2, 0.25) is 0 Å². The summed E-state index contributed by atoms with van der Waals surface area (Å²) in [7, 11) is -0.298. The minimum atomic E-state index is -1.98. The van der Waals surface area contributed by atoms with Crippen molar-refractivity contribution in [3.8, 4) is 5.75 Å². The molecule has 27 heavy (non-hydrogen) atoms. The van der Waals surface area contributed by atoms with Crippen molar-refractivity contribution in [2.75, 3.05) is 7.11 Å². The van der Waals surface area contributed by atoms with Gasteiger partial charge in [0.1, 0.15) is 11.5 Å². The number of Topliss-reactive ketones (excluding diaryl/α,β-unsaturated/α-hetero) is 1. The second-order valence-corrected chi connectivity index (χ2v) is 14.5. The highest BCUT2D eigenvalue weighted by molar-refractivity contribution is 6.74. The van der Waals surface area contributed by atoms with E-state index in [0.717, 1.165) is 12.2 Å². The molecular weight excluding hydrogens is 352 g/mol. The van der Waals surface area contributed by atoms with Crippen molar-refractivity contribution in [2.45, 2.75) is 79.1 Å². The fourth-order valence-corrected chi connectivity index (χ4v) is 4.64. The highest BCUT2D eigenvalue weighted by atomic mass is 28.4. The third-order valence-corrected chi connectivity index (χ3v) is 10.5. The summed E-state index contributed by atoms with van der Waals surface area (Å²) in [5.74, 6) is 1.33. The standard InChI is InChI=1S/C23H40O3Si/c1-16(2)21(24)18(4)22(26-27(9,10)23(5,6)7)17(3)15-19-11-13-20(25-8)14-12-19/h11-14,16-18,22H,15H2,1-10H3/t17-,18-,22-/m0/s1. The van der Waals surface area contributed by atoms with Crippen molar-refractivity contribution >= 4 is 14.1 Å². The smallest absolute Gasteiger partial charge is 0.192 e. The molecule has 0 aromatic heterocycles. The van der Waals surface area contributed by atoms with E-state index in [1.807, 2.05) is 32.9 Å². The lowest BCUT2D eigenvalue weighted by atomic mass is 9.83. The molecule has 0 N–H and O–H groups in total. The molecule has 0 saturated heterocycles. The predicted molar refractivity (Wildman–Crippen MR) is 117 cm³/mol. The molecule has 0 amide bonds.